The van der Waals surface area contributed by atoms with E-state index in [1.54, 1.807) is 12.1 Å². The molecule has 0 saturated heterocycles. The van der Waals surface area contributed by atoms with Crippen LogP contribution in [-0.4, -0.2) is 32.8 Å². The fraction of sp³-hybridized carbons (Fsp3) is 0.571. The summed E-state index contributed by atoms with van der Waals surface area (Å²) in [6.45, 7) is 2.27. The fourth-order valence-corrected chi connectivity index (χ4v) is 3.76. The highest BCUT2D eigenvalue weighted by atomic mass is 32.2. The van der Waals surface area contributed by atoms with Crippen molar-refractivity contribution in [1.29, 1.82) is 0 Å². The lowest BCUT2D eigenvalue weighted by atomic mass is 10.1. The van der Waals surface area contributed by atoms with Gasteiger partial charge < -0.3 is 9.84 Å². The maximum Gasteiger partial charge on any atom is 0.240 e. The van der Waals surface area contributed by atoms with Gasteiger partial charge in [0.2, 0.25) is 10.0 Å². The minimum Gasteiger partial charge on any atom is -0.491 e. The lowest BCUT2D eigenvalue weighted by Gasteiger charge is -2.13. The van der Waals surface area contributed by atoms with Gasteiger partial charge in [0.15, 0.2) is 0 Å². The zero-order valence-corrected chi connectivity index (χ0v) is 12.4. The number of ether oxygens (including phenoxy) is 1. The van der Waals surface area contributed by atoms with E-state index in [4.69, 9.17) is 9.84 Å². The Kier molecular flexibility index (Phi) is 5.01. The molecular weight excluding hydrogens is 278 g/mol. The molecule has 0 amide bonds. The zero-order chi connectivity index (χ0) is 14.6. The first kappa shape index (κ1) is 15.3. The van der Waals surface area contributed by atoms with E-state index in [1.807, 2.05) is 0 Å². The lowest BCUT2D eigenvalue weighted by molar-refractivity contribution is 0.201. The zero-order valence-electron chi connectivity index (χ0n) is 11.6. The minimum absolute atomic E-state index is 0.0420. The van der Waals surface area contributed by atoms with Crippen molar-refractivity contribution in [2.24, 2.45) is 5.92 Å². The molecule has 2 unspecified atom stereocenters. The predicted octanol–water partition coefficient (Wildman–Crippen LogP) is 1.52. The topological polar surface area (TPSA) is 75.6 Å². The Morgan fingerprint density at radius 3 is 2.55 bits per heavy atom. The van der Waals surface area contributed by atoms with Gasteiger partial charge >= 0.3 is 0 Å². The molecule has 1 aromatic rings. The van der Waals surface area contributed by atoms with Crippen LogP contribution >= 0.6 is 0 Å². The highest BCUT2D eigenvalue weighted by Crippen LogP contribution is 2.26. The van der Waals surface area contributed by atoms with Crippen LogP contribution in [0.15, 0.2) is 29.2 Å². The Balaban J connectivity index is 2.01. The van der Waals surface area contributed by atoms with Gasteiger partial charge in [-0.3, -0.25) is 0 Å². The summed E-state index contributed by atoms with van der Waals surface area (Å²) in [6.07, 6.45) is 2.87. The maximum absolute atomic E-state index is 12.2. The number of aliphatic hydroxyl groups is 1. The van der Waals surface area contributed by atoms with Gasteiger partial charge in [-0.25, -0.2) is 13.1 Å². The largest absolute Gasteiger partial charge is 0.491 e. The Hall–Kier alpha value is -1.11. The molecule has 1 aromatic carbocycles. The average Bonchev–Trinajstić information content (AvgIpc) is 2.81. The number of nitrogens with one attached hydrogen (secondary N) is 1. The van der Waals surface area contributed by atoms with Crippen LogP contribution in [0.5, 0.6) is 5.75 Å². The van der Waals surface area contributed by atoms with E-state index in [2.05, 4.69) is 11.6 Å². The van der Waals surface area contributed by atoms with E-state index in [0.29, 0.717) is 11.7 Å². The van der Waals surface area contributed by atoms with Gasteiger partial charge in [0, 0.05) is 6.04 Å². The van der Waals surface area contributed by atoms with Crippen molar-refractivity contribution in [3.05, 3.63) is 24.3 Å². The maximum atomic E-state index is 12.2. The van der Waals surface area contributed by atoms with Gasteiger partial charge in [-0.05, 0) is 49.4 Å². The second kappa shape index (κ2) is 6.56. The van der Waals surface area contributed by atoms with Crippen molar-refractivity contribution in [3.63, 3.8) is 0 Å². The second-order valence-corrected chi connectivity index (χ2v) is 6.99. The lowest BCUT2D eigenvalue weighted by Crippen LogP contribution is -2.32. The SMILES string of the molecule is CC1CCC(NS(=O)(=O)c2ccc(OCCO)cc2)C1. The number of hydrogen-bond acceptors (Lipinski definition) is 4. The molecule has 20 heavy (non-hydrogen) atoms. The van der Waals surface area contributed by atoms with E-state index in [9.17, 15) is 8.42 Å². The van der Waals surface area contributed by atoms with Crippen LogP contribution in [0.3, 0.4) is 0 Å². The quantitative estimate of drug-likeness (QED) is 0.835. The molecule has 1 aliphatic rings. The number of sulfonamides is 1. The number of hydrogen-bond donors (Lipinski definition) is 2. The Bertz CT molecular complexity index is 527. The monoisotopic (exact) mass is 299 g/mol. The van der Waals surface area contributed by atoms with E-state index < -0.39 is 10.0 Å². The van der Waals surface area contributed by atoms with E-state index in [0.717, 1.165) is 19.3 Å². The summed E-state index contributed by atoms with van der Waals surface area (Å²) in [4.78, 5) is 0.244. The molecule has 112 valence electrons. The van der Waals surface area contributed by atoms with Crippen molar-refractivity contribution in [2.75, 3.05) is 13.2 Å². The molecule has 0 aromatic heterocycles. The normalized spacial score (nSPS) is 22.9. The first-order valence-electron chi connectivity index (χ1n) is 6.87. The molecular formula is C14H21NO4S. The van der Waals surface area contributed by atoms with Crippen LogP contribution in [0, 0.1) is 5.92 Å². The first-order valence-corrected chi connectivity index (χ1v) is 8.35. The molecule has 0 heterocycles. The van der Waals surface area contributed by atoms with Crippen molar-refractivity contribution in [3.8, 4) is 5.75 Å². The van der Waals surface area contributed by atoms with Gasteiger partial charge in [0.1, 0.15) is 12.4 Å². The van der Waals surface area contributed by atoms with Crippen LogP contribution in [0.4, 0.5) is 0 Å². The molecule has 1 aliphatic carbocycles. The van der Waals surface area contributed by atoms with Crippen molar-refractivity contribution in [1.82, 2.24) is 4.72 Å². The molecule has 5 nitrogen and oxygen atoms in total. The summed E-state index contributed by atoms with van der Waals surface area (Å²) in [5.41, 5.74) is 0. The number of benzene rings is 1. The molecule has 6 heteroatoms. The van der Waals surface area contributed by atoms with Gasteiger partial charge in [-0.2, -0.15) is 0 Å². The third-order valence-corrected chi connectivity index (χ3v) is 5.05. The smallest absolute Gasteiger partial charge is 0.240 e. The third-order valence-electron chi connectivity index (χ3n) is 3.51. The van der Waals surface area contributed by atoms with Crippen LogP contribution in [0.2, 0.25) is 0 Å². The van der Waals surface area contributed by atoms with Crippen LogP contribution in [-0.2, 0) is 10.0 Å². The summed E-state index contributed by atoms with van der Waals surface area (Å²) in [5.74, 6) is 1.13. The summed E-state index contributed by atoms with van der Waals surface area (Å²) < 4.78 is 32.4. The summed E-state index contributed by atoms with van der Waals surface area (Å²) in [6, 6.07) is 6.28. The van der Waals surface area contributed by atoms with Crippen molar-refractivity contribution < 1.29 is 18.3 Å². The summed E-state index contributed by atoms with van der Waals surface area (Å²) in [7, 11) is -3.46. The van der Waals surface area contributed by atoms with E-state index >= 15 is 0 Å². The molecule has 0 aliphatic heterocycles. The molecule has 2 rings (SSSR count). The first-order chi connectivity index (χ1) is 9.51. The number of rotatable bonds is 6. The van der Waals surface area contributed by atoms with Gasteiger partial charge in [-0.1, -0.05) is 6.92 Å². The van der Waals surface area contributed by atoms with Gasteiger partial charge in [-0.15, -0.1) is 0 Å². The molecule has 0 bridgehead atoms. The number of aliphatic hydroxyl groups excluding tert-OH is 1. The van der Waals surface area contributed by atoms with Crippen LogP contribution < -0.4 is 9.46 Å². The second-order valence-electron chi connectivity index (χ2n) is 5.28. The van der Waals surface area contributed by atoms with Crippen LogP contribution in [0.1, 0.15) is 26.2 Å². The Morgan fingerprint density at radius 1 is 1.30 bits per heavy atom. The predicted molar refractivity (Wildman–Crippen MR) is 76.1 cm³/mol. The van der Waals surface area contributed by atoms with Gasteiger partial charge in [0.05, 0.1) is 11.5 Å². The van der Waals surface area contributed by atoms with Crippen molar-refractivity contribution in [2.45, 2.75) is 37.1 Å². The highest BCUT2D eigenvalue weighted by molar-refractivity contribution is 7.89. The minimum atomic E-state index is -3.46. The fourth-order valence-electron chi connectivity index (χ4n) is 2.48. The molecule has 0 spiro atoms. The van der Waals surface area contributed by atoms with Crippen molar-refractivity contribution >= 4 is 10.0 Å². The molecule has 2 atom stereocenters. The Morgan fingerprint density at radius 2 is 2.00 bits per heavy atom. The molecule has 0 radical (unpaired) electrons. The van der Waals surface area contributed by atoms with Gasteiger partial charge in [0.25, 0.3) is 0 Å². The standard InChI is InChI=1S/C14H21NO4S/c1-11-2-3-12(10-11)15-20(17,18)14-6-4-13(5-7-14)19-9-8-16/h4-7,11-12,15-16H,2-3,8-10H2,1H3. The summed E-state index contributed by atoms with van der Waals surface area (Å²) in [5, 5.41) is 8.66. The third kappa shape index (κ3) is 3.94. The highest BCUT2D eigenvalue weighted by Gasteiger charge is 2.26. The van der Waals surface area contributed by atoms with Crippen LogP contribution in [0.25, 0.3) is 0 Å². The molecule has 1 fully saturated rings. The van der Waals surface area contributed by atoms with E-state index in [1.165, 1.54) is 12.1 Å². The Labute approximate surface area is 120 Å². The summed E-state index contributed by atoms with van der Waals surface area (Å²) >= 11 is 0. The molecule has 1 saturated carbocycles. The molecule has 2 N–H and O–H groups in total. The average molecular weight is 299 g/mol. The van der Waals surface area contributed by atoms with E-state index in [-0.39, 0.29) is 24.2 Å².